The van der Waals surface area contributed by atoms with Gasteiger partial charge >= 0.3 is 5.97 Å². The average molecular weight is 356 g/mol. The molecule has 1 aromatic rings. The van der Waals surface area contributed by atoms with Gasteiger partial charge in [0.05, 0.1) is 5.92 Å². The number of carbonyl (C=O) groups excluding carboxylic acids is 1. The largest absolute Gasteiger partial charge is 0.481 e. The van der Waals surface area contributed by atoms with Crippen molar-refractivity contribution in [3.05, 3.63) is 29.8 Å². The van der Waals surface area contributed by atoms with Crippen LogP contribution in [0.1, 0.15) is 26.3 Å². The van der Waals surface area contributed by atoms with E-state index in [0.717, 1.165) is 5.56 Å². The van der Waals surface area contributed by atoms with Gasteiger partial charge in [-0.15, -0.1) is 0 Å². The van der Waals surface area contributed by atoms with Crippen LogP contribution in [-0.4, -0.2) is 48.5 Å². The normalized spacial score (nSPS) is 12.8. The Labute approximate surface area is 142 Å². The zero-order chi connectivity index (χ0) is 18.3. The van der Waals surface area contributed by atoms with Crippen molar-refractivity contribution >= 4 is 27.6 Å². The number of sulfonamides is 1. The highest BCUT2D eigenvalue weighted by Crippen LogP contribution is 2.14. The third-order valence-corrected chi connectivity index (χ3v) is 5.54. The molecule has 0 spiro atoms. The van der Waals surface area contributed by atoms with E-state index in [-0.39, 0.29) is 0 Å². The molecule has 0 aliphatic rings. The maximum Gasteiger partial charge on any atom is 0.306 e. The molecular weight excluding hydrogens is 332 g/mol. The van der Waals surface area contributed by atoms with Crippen molar-refractivity contribution in [2.75, 3.05) is 24.2 Å². The van der Waals surface area contributed by atoms with E-state index in [4.69, 9.17) is 5.11 Å². The SMILES string of the molecule is CCN(CC)S(=O)(=O)CC(=O)Nc1ccc(CC(C)C(=O)O)cc1. The van der Waals surface area contributed by atoms with Gasteiger partial charge in [-0.3, -0.25) is 9.59 Å². The molecule has 0 aliphatic carbocycles. The fourth-order valence-electron chi connectivity index (χ4n) is 2.24. The molecule has 0 bridgehead atoms. The quantitative estimate of drug-likeness (QED) is 0.699. The average Bonchev–Trinajstić information content (AvgIpc) is 2.49. The molecule has 0 saturated heterocycles. The Morgan fingerprint density at radius 1 is 1.17 bits per heavy atom. The van der Waals surface area contributed by atoms with E-state index in [1.54, 1.807) is 45.0 Å². The van der Waals surface area contributed by atoms with Gasteiger partial charge in [-0.1, -0.05) is 32.9 Å². The van der Waals surface area contributed by atoms with Crippen LogP contribution in [0.2, 0.25) is 0 Å². The Balaban J connectivity index is 2.67. The highest BCUT2D eigenvalue weighted by atomic mass is 32.2. The van der Waals surface area contributed by atoms with Gasteiger partial charge in [-0.25, -0.2) is 12.7 Å². The molecule has 1 rings (SSSR count). The van der Waals surface area contributed by atoms with Crippen LogP contribution >= 0.6 is 0 Å². The van der Waals surface area contributed by atoms with Gasteiger partial charge in [0.15, 0.2) is 0 Å². The summed E-state index contributed by atoms with van der Waals surface area (Å²) in [6, 6.07) is 6.69. The maximum absolute atomic E-state index is 12.0. The first-order valence-corrected chi connectivity index (χ1v) is 9.40. The van der Waals surface area contributed by atoms with Crippen LogP contribution in [0.5, 0.6) is 0 Å². The molecule has 7 nitrogen and oxygen atoms in total. The summed E-state index contributed by atoms with van der Waals surface area (Å²) in [7, 11) is -3.62. The highest BCUT2D eigenvalue weighted by molar-refractivity contribution is 7.89. The number of hydrogen-bond acceptors (Lipinski definition) is 4. The van der Waals surface area contributed by atoms with Gasteiger partial charge in [0, 0.05) is 18.8 Å². The number of hydrogen-bond donors (Lipinski definition) is 2. The van der Waals surface area contributed by atoms with E-state index in [2.05, 4.69) is 5.32 Å². The van der Waals surface area contributed by atoms with Gasteiger partial charge in [-0.05, 0) is 24.1 Å². The molecule has 1 atom stereocenters. The number of aliphatic carboxylic acids is 1. The number of amides is 1. The van der Waals surface area contributed by atoms with Gasteiger partial charge in [0.2, 0.25) is 15.9 Å². The summed E-state index contributed by atoms with van der Waals surface area (Å²) in [6.45, 7) is 5.70. The number of carbonyl (C=O) groups is 2. The summed E-state index contributed by atoms with van der Waals surface area (Å²) < 4.78 is 25.3. The van der Waals surface area contributed by atoms with E-state index in [1.807, 2.05) is 0 Å². The minimum absolute atomic E-state index is 0.322. The summed E-state index contributed by atoms with van der Waals surface area (Å²) in [5.74, 6) is -2.57. The minimum atomic E-state index is -3.62. The number of rotatable bonds is 9. The van der Waals surface area contributed by atoms with Crippen molar-refractivity contribution in [1.82, 2.24) is 4.31 Å². The lowest BCUT2D eigenvalue weighted by molar-refractivity contribution is -0.141. The first-order valence-electron chi connectivity index (χ1n) is 7.79. The Kier molecular flexibility index (Phi) is 7.37. The van der Waals surface area contributed by atoms with Crippen molar-refractivity contribution in [2.24, 2.45) is 5.92 Å². The topological polar surface area (TPSA) is 104 Å². The fraction of sp³-hybridized carbons (Fsp3) is 0.500. The van der Waals surface area contributed by atoms with Crippen LogP contribution in [-0.2, 0) is 26.0 Å². The van der Waals surface area contributed by atoms with E-state index >= 15 is 0 Å². The third kappa shape index (κ3) is 5.93. The molecule has 0 aliphatic heterocycles. The molecule has 24 heavy (non-hydrogen) atoms. The zero-order valence-electron chi connectivity index (χ0n) is 14.2. The number of nitrogens with zero attached hydrogens (tertiary/aromatic N) is 1. The second kappa shape index (κ2) is 8.79. The number of benzene rings is 1. The highest BCUT2D eigenvalue weighted by Gasteiger charge is 2.22. The molecule has 0 radical (unpaired) electrons. The van der Waals surface area contributed by atoms with Crippen LogP contribution in [0.25, 0.3) is 0 Å². The molecule has 0 fully saturated rings. The van der Waals surface area contributed by atoms with Crippen molar-refractivity contribution in [1.29, 1.82) is 0 Å². The second-order valence-electron chi connectivity index (χ2n) is 5.53. The minimum Gasteiger partial charge on any atom is -0.481 e. The van der Waals surface area contributed by atoms with E-state index in [0.29, 0.717) is 25.2 Å². The fourth-order valence-corrected chi connectivity index (χ4v) is 3.61. The molecule has 1 aromatic carbocycles. The van der Waals surface area contributed by atoms with Crippen LogP contribution < -0.4 is 5.32 Å². The van der Waals surface area contributed by atoms with Crippen LogP contribution in [0.3, 0.4) is 0 Å². The Bertz CT molecular complexity index is 666. The van der Waals surface area contributed by atoms with E-state index in [9.17, 15) is 18.0 Å². The van der Waals surface area contributed by atoms with Crippen molar-refractivity contribution in [3.63, 3.8) is 0 Å². The summed E-state index contributed by atoms with van der Waals surface area (Å²) in [5, 5.41) is 11.4. The first-order chi connectivity index (χ1) is 11.2. The molecule has 0 aromatic heterocycles. The summed E-state index contributed by atoms with van der Waals surface area (Å²) >= 11 is 0. The zero-order valence-corrected chi connectivity index (χ0v) is 15.0. The Morgan fingerprint density at radius 3 is 2.17 bits per heavy atom. The summed E-state index contributed by atoms with van der Waals surface area (Å²) in [5.41, 5.74) is 1.31. The van der Waals surface area contributed by atoms with E-state index < -0.39 is 33.6 Å². The number of carboxylic acid groups (broad SMARTS) is 1. The molecule has 134 valence electrons. The summed E-state index contributed by atoms with van der Waals surface area (Å²) in [4.78, 5) is 22.8. The summed E-state index contributed by atoms with van der Waals surface area (Å²) in [6.07, 6.45) is 0.389. The lowest BCUT2D eigenvalue weighted by atomic mass is 10.0. The van der Waals surface area contributed by atoms with Crippen LogP contribution in [0.4, 0.5) is 5.69 Å². The first kappa shape index (κ1) is 20.1. The van der Waals surface area contributed by atoms with E-state index in [1.165, 1.54) is 4.31 Å². The molecule has 8 heteroatoms. The lowest BCUT2D eigenvalue weighted by Gasteiger charge is -2.18. The van der Waals surface area contributed by atoms with Gasteiger partial charge in [0.25, 0.3) is 0 Å². The monoisotopic (exact) mass is 356 g/mol. The van der Waals surface area contributed by atoms with Crippen LogP contribution in [0, 0.1) is 5.92 Å². The number of nitrogens with one attached hydrogen (secondary N) is 1. The molecule has 1 amide bonds. The number of carboxylic acids is 1. The maximum atomic E-state index is 12.0. The van der Waals surface area contributed by atoms with Gasteiger partial charge < -0.3 is 10.4 Å². The molecular formula is C16H24N2O5S. The third-order valence-electron chi connectivity index (χ3n) is 3.61. The lowest BCUT2D eigenvalue weighted by Crippen LogP contribution is -2.36. The Hall–Kier alpha value is -1.93. The molecule has 2 N–H and O–H groups in total. The molecule has 0 saturated carbocycles. The van der Waals surface area contributed by atoms with Crippen LogP contribution in [0.15, 0.2) is 24.3 Å². The smallest absolute Gasteiger partial charge is 0.306 e. The Morgan fingerprint density at radius 2 is 1.71 bits per heavy atom. The van der Waals surface area contributed by atoms with Gasteiger partial charge in [0.1, 0.15) is 5.75 Å². The predicted octanol–water partition coefficient (Wildman–Crippen LogP) is 1.56. The molecule has 0 heterocycles. The van der Waals surface area contributed by atoms with Crippen molar-refractivity contribution < 1.29 is 23.1 Å². The standard InChI is InChI=1S/C16H24N2O5S/c1-4-18(5-2)24(22,23)11-15(19)17-14-8-6-13(7-9-14)10-12(3)16(20)21/h6-9,12H,4-5,10-11H2,1-3H3,(H,17,19)(H,20,21). The number of anilines is 1. The second-order valence-corrected chi connectivity index (χ2v) is 7.50. The molecule has 1 unspecified atom stereocenters. The van der Waals surface area contributed by atoms with Crippen molar-refractivity contribution in [2.45, 2.75) is 27.2 Å². The van der Waals surface area contributed by atoms with Gasteiger partial charge in [-0.2, -0.15) is 0 Å². The van der Waals surface area contributed by atoms with Crippen molar-refractivity contribution in [3.8, 4) is 0 Å². The predicted molar refractivity (Wildman–Crippen MR) is 92.3 cm³/mol.